The van der Waals surface area contributed by atoms with E-state index in [0.29, 0.717) is 29.7 Å². The molecule has 0 atom stereocenters. The quantitative estimate of drug-likeness (QED) is 0.145. The minimum Gasteiger partial charge on any atom is -0.478 e. The Labute approximate surface area is 259 Å². The number of benzene rings is 4. The first-order valence-electron chi connectivity index (χ1n) is 15.2. The van der Waals surface area contributed by atoms with Crippen molar-refractivity contribution in [1.29, 1.82) is 0 Å². The number of carboxylic acids is 1. The molecule has 0 aliphatic rings. The van der Waals surface area contributed by atoms with Crippen LogP contribution in [0.5, 0.6) is 0 Å². The summed E-state index contributed by atoms with van der Waals surface area (Å²) >= 11 is 0. The molecular weight excluding hydrogens is 570 g/mol. The second-order valence-electron chi connectivity index (χ2n) is 11.1. The highest BCUT2D eigenvalue weighted by atomic mass is 32.2. The normalized spacial score (nSPS) is 11.6. The van der Waals surface area contributed by atoms with Gasteiger partial charge < -0.3 is 5.11 Å². The molecule has 0 bridgehead atoms. The third kappa shape index (κ3) is 6.40. The maximum Gasteiger partial charge on any atom is 0.336 e. The summed E-state index contributed by atoms with van der Waals surface area (Å²) in [5.41, 5.74) is 5.97. The van der Waals surface area contributed by atoms with Crippen molar-refractivity contribution in [3.63, 3.8) is 0 Å². The summed E-state index contributed by atoms with van der Waals surface area (Å²) in [6.45, 7) is 6.15. The Morgan fingerprint density at radius 3 is 2.23 bits per heavy atom. The second-order valence-corrected chi connectivity index (χ2v) is 13.1. The van der Waals surface area contributed by atoms with Crippen LogP contribution in [0.3, 0.4) is 0 Å². The van der Waals surface area contributed by atoms with Crippen LogP contribution in [0, 0.1) is 6.92 Å². The molecule has 0 saturated heterocycles. The number of anilines is 1. The molecule has 44 heavy (non-hydrogen) atoms. The van der Waals surface area contributed by atoms with Gasteiger partial charge in [0.2, 0.25) is 10.0 Å². The monoisotopic (exact) mass is 609 g/mol. The van der Waals surface area contributed by atoms with Crippen molar-refractivity contribution >= 4 is 32.7 Å². The first-order valence-corrected chi connectivity index (χ1v) is 16.8. The summed E-state index contributed by atoms with van der Waals surface area (Å²) in [7, 11) is -3.63. The number of carbonyl (C=O) groups is 1. The second kappa shape index (κ2) is 13.5. The third-order valence-electron chi connectivity index (χ3n) is 7.99. The lowest BCUT2D eigenvalue weighted by atomic mass is 9.94. The molecule has 0 saturated carbocycles. The van der Waals surface area contributed by atoms with Crippen LogP contribution in [0.15, 0.2) is 91.0 Å². The summed E-state index contributed by atoms with van der Waals surface area (Å²) < 4.78 is 30.9. The zero-order valence-corrected chi connectivity index (χ0v) is 26.3. The van der Waals surface area contributed by atoms with Crippen LogP contribution in [0.1, 0.15) is 66.8 Å². The van der Waals surface area contributed by atoms with Gasteiger partial charge in [0.05, 0.1) is 40.3 Å². The number of unbranched alkanes of at least 4 members (excludes halogenated alkanes) is 2. The maximum atomic E-state index is 13.7. The van der Waals surface area contributed by atoms with Crippen LogP contribution in [0.4, 0.5) is 5.69 Å². The fourth-order valence-electron chi connectivity index (χ4n) is 5.65. The van der Waals surface area contributed by atoms with Gasteiger partial charge in [0, 0.05) is 6.42 Å². The molecule has 228 valence electrons. The molecule has 0 aliphatic carbocycles. The number of hydrogen-bond donors (Lipinski definition) is 1. The van der Waals surface area contributed by atoms with Crippen molar-refractivity contribution in [3.8, 4) is 16.8 Å². The summed E-state index contributed by atoms with van der Waals surface area (Å²) in [6, 6.07) is 28.5. The van der Waals surface area contributed by atoms with Crippen LogP contribution in [0.2, 0.25) is 0 Å². The topological polar surface area (TPSA) is 92.5 Å². The van der Waals surface area contributed by atoms with Gasteiger partial charge in [-0.15, -0.1) is 0 Å². The number of imidazole rings is 1. The molecule has 0 amide bonds. The lowest BCUT2D eigenvalue weighted by molar-refractivity contribution is 0.0697. The molecule has 5 aromatic rings. The van der Waals surface area contributed by atoms with E-state index in [1.807, 2.05) is 109 Å². The lowest BCUT2D eigenvalue weighted by Gasteiger charge is -2.25. The lowest BCUT2D eigenvalue weighted by Crippen LogP contribution is -2.32. The minimum absolute atomic E-state index is 0.0530. The molecule has 0 radical (unpaired) electrons. The number of carboxylic acid groups (broad SMARTS) is 1. The average molecular weight is 610 g/mol. The van der Waals surface area contributed by atoms with E-state index in [1.54, 1.807) is 0 Å². The molecule has 0 fully saturated rings. The smallest absolute Gasteiger partial charge is 0.336 e. The predicted molar refractivity (Wildman–Crippen MR) is 178 cm³/mol. The number of aryl methyl sites for hydroxylation is 1. The molecule has 0 spiro atoms. The van der Waals surface area contributed by atoms with Gasteiger partial charge in [-0.1, -0.05) is 93.4 Å². The van der Waals surface area contributed by atoms with Crippen molar-refractivity contribution in [3.05, 3.63) is 114 Å². The third-order valence-corrected chi connectivity index (χ3v) is 9.80. The zero-order chi connectivity index (χ0) is 31.3. The van der Waals surface area contributed by atoms with Crippen LogP contribution in [-0.2, 0) is 23.0 Å². The molecule has 0 aliphatic heterocycles. The van der Waals surface area contributed by atoms with Crippen molar-refractivity contribution in [2.24, 2.45) is 0 Å². The highest BCUT2D eigenvalue weighted by molar-refractivity contribution is 7.92. The first kappa shape index (κ1) is 31.0. The number of aromatic carboxylic acids is 1. The standard InChI is InChI=1S/C36H39N3O4S/c1-4-6-18-34-37-31-21-19-29(38(44(42,43)23-7-5-2)25-27-14-10-8-11-15-27)24-33(31)39(34)32-22-20-30(28-16-12-9-13-17-28)35(26(32)3)36(40)41/h8-17,19-22,24H,4-7,18,23,25H2,1-3H3,(H,40,41). The van der Waals surface area contributed by atoms with Crippen LogP contribution in [0.25, 0.3) is 27.8 Å². The van der Waals surface area contributed by atoms with Gasteiger partial charge >= 0.3 is 5.97 Å². The van der Waals surface area contributed by atoms with Gasteiger partial charge in [-0.2, -0.15) is 0 Å². The highest BCUT2D eigenvalue weighted by Crippen LogP contribution is 2.34. The molecule has 0 unspecified atom stereocenters. The van der Waals surface area contributed by atoms with E-state index in [0.717, 1.165) is 52.9 Å². The zero-order valence-electron chi connectivity index (χ0n) is 25.5. The van der Waals surface area contributed by atoms with Crippen molar-refractivity contribution in [2.45, 2.75) is 59.4 Å². The number of hydrogen-bond acceptors (Lipinski definition) is 4. The van der Waals surface area contributed by atoms with E-state index in [2.05, 4.69) is 6.92 Å². The van der Waals surface area contributed by atoms with E-state index in [4.69, 9.17) is 4.98 Å². The number of fused-ring (bicyclic) bond motifs is 1. The summed E-state index contributed by atoms with van der Waals surface area (Å²) in [6.07, 6.45) is 3.93. The van der Waals surface area contributed by atoms with Gasteiger partial charge in [0.1, 0.15) is 5.82 Å². The van der Waals surface area contributed by atoms with Crippen LogP contribution in [-0.4, -0.2) is 34.8 Å². The van der Waals surface area contributed by atoms with E-state index in [1.165, 1.54) is 4.31 Å². The van der Waals surface area contributed by atoms with E-state index < -0.39 is 16.0 Å². The Morgan fingerprint density at radius 2 is 1.57 bits per heavy atom. The summed E-state index contributed by atoms with van der Waals surface area (Å²) in [4.78, 5) is 17.6. The Balaban J connectivity index is 1.72. The number of nitrogens with zero attached hydrogens (tertiary/aromatic N) is 3. The van der Waals surface area contributed by atoms with Gasteiger partial charge in [0.15, 0.2) is 0 Å². The Bertz CT molecular complexity index is 1870. The predicted octanol–water partition coefficient (Wildman–Crippen LogP) is 8.18. The van der Waals surface area contributed by atoms with Crippen LogP contribution < -0.4 is 4.31 Å². The summed E-state index contributed by atoms with van der Waals surface area (Å²) in [5.74, 6) is -0.133. The van der Waals surface area contributed by atoms with Gasteiger partial charge in [0.25, 0.3) is 0 Å². The Hall–Kier alpha value is -4.43. The number of sulfonamides is 1. The van der Waals surface area contributed by atoms with Crippen molar-refractivity contribution in [1.82, 2.24) is 9.55 Å². The van der Waals surface area contributed by atoms with E-state index in [9.17, 15) is 18.3 Å². The fourth-order valence-corrected chi connectivity index (χ4v) is 7.31. The van der Waals surface area contributed by atoms with Gasteiger partial charge in [-0.25, -0.2) is 18.2 Å². The van der Waals surface area contributed by atoms with Crippen molar-refractivity contribution < 1.29 is 18.3 Å². The molecular formula is C36H39N3O4S. The average Bonchev–Trinajstić information content (AvgIpc) is 3.39. The molecule has 1 N–H and O–H groups in total. The highest BCUT2D eigenvalue weighted by Gasteiger charge is 2.25. The molecule has 1 heterocycles. The number of rotatable bonds is 13. The number of aromatic nitrogens is 2. The largest absolute Gasteiger partial charge is 0.478 e. The molecule has 7 nitrogen and oxygen atoms in total. The SMILES string of the molecule is CCCCc1nc2ccc(N(Cc3ccccc3)S(=O)(=O)CCCC)cc2n1-c1ccc(-c2ccccc2)c(C(=O)O)c1C. The van der Waals surface area contributed by atoms with Gasteiger partial charge in [-0.05, 0) is 66.3 Å². The molecule has 5 rings (SSSR count). The van der Waals surface area contributed by atoms with Gasteiger partial charge in [-0.3, -0.25) is 8.87 Å². The minimum atomic E-state index is -3.63. The van der Waals surface area contributed by atoms with E-state index in [-0.39, 0.29) is 17.9 Å². The van der Waals surface area contributed by atoms with Crippen molar-refractivity contribution in [2.75, 3.05) is 10.1 Å². The van der Waals surface area contributed by atoms with E-state index >= 15 is 0 Å². The molecule has 8 heteroatoms. The molecule has 1 aromatic heterocycles. The molecule has 4 aromatic carbocycles. The maximum absolute atomic E-state index is 13.7. The summed E-state index contributed by atoms with van der Waals surface area (Å²) in [5, 5.41) is 10.4. The Morgan fingerprint density at radius 1 is 0.886 bits per heavy atom. The van der Waals surface area contributed by atoms with Crippen LogP contribution >= 0.6 is 0 Å². The fraction of sp³-hybridized carbons (Fsp3) is 0.278. The first-order chi connectivity index (χ1) is 21.2. The Kier molecular flexibility index (Phi) is 9.49.